The Bertz CT molecular complexity index is 347. The van der Waals surface area contributed by atoms with Crippen LogP contribution in [-0.4, -0.2) is 162 Å². The Kier molecular flexibility index (Phi) is 54.0. The predicted molar refractivity (Wildman–Crippen MR) is 55.9 cm³/mol. The van der Waals surface area contributed by atoms with Crippen molar-refractivity contribution < 1.29 is 63.5 Å². The monoisotopic (exact) mass is 428 g/mol. The van der Waals surface area contributed by atoms with Gasteiger partial charge in [-0.25, -0.2) is 0 Å². The zero-order valence-corrected chi connectivity index (χ0v) is 17.5. The quantitative estimate of drug-likeness (QED) is 0.197. The van der Waals surface area contributed by atoms with E-state index in [-0.39, 0.29) is 109 Å². The average molecular weight is 429 g/mol. The molecular weight excluding hydrogens is 425 g/mol. The molecule has 0 unspecified atom stereocenters. The summed E-state index contributed by atoms with van der Waals surface area (Å²) in [5.41, 5.74) is 0. The molecule has 0 saturated carbocycles. The molecule has 0 amide bonds. The predicted octanol–water partition coefficient (Wildman–Crippen LogP) is -6.81. The standard InChI is InChI=1S/2Ca.Mg.3H2O4S.2H2O/c;;;3*1-5(2,3)4;;/h;;;3*(H2,1,2,3,4);2*1H2/q3*+2;;;;;/p-6. The molecule has 0 saturated heterocycles. The summed E-state index contributed by atoms with van der Waals surface area (Å²) in [6.45, 7) is 0. The summed E-state index contributed by atoms with van der Waals surface area (Å²) in [7, 11) is -15.5. The fourth-order valence-electron chi connectivity index (χ4n) is 0. The van der Waals surface area contributed by atoms with Gasteiger partial charge in [-0.1, -0.05) is 0 Å². The maximum Gasteiger partial charge on any atom is 2.00 e. The van der Waals surface area contributed by atoms with Gasteiger partial charge in [0.2, 0.25) is 0 Å². The Morgan fingerprint density at radius 1 is 0.450 bits per heavy atom. The average Bonchev–Trinajstić information content (AvgIpc) is 1.41. The van der Waals surface area contributed by atoms with Crippen molar-refractivity contribution in [3.8, 4) is 0 Å². The van der Waals surface area contributed by atoms with Crippen molar-refractivity contribution >= 4 is 130 Å². The smallest absolute Gasteiger partial charge is 0.759 e. The van der Waals surface area contributed by atoms with E-state index in [1.54, 1.807) is 0 Å². The fourth-order valence-corrected chi connectivity index (χ4v) is 0. The molecule has 20 heavy (non-hydrogen) atoms. The minimum Gasteiger partial charge on any atom is -0.759 e. The topological polar surface area (TPSA) is 304 Å². The molecule has 0 bridgehead atoms. The molecule has 14 nitrogen and oxygen atoms in total. The molecule has 0 heterocycles. The Morgan fingerprint density at radius 3 is 0.450 bits per heavy atom. The molecule has 0 atom stereocenters. The van der Waals surface area contributed by atoms with E-state index in [9.17, 15) is 0 Å². The molecule has 0 radical (unpaired) electrons. The Morgan fingerprint density at radius 2 is 0.450 bits per heavy atom. The molecule has 0 spiro atoms. The van der Waals surface area contributed by atoms with E-state index in [1.807, 2.05) is 0 Å². The van der Waals surface area contributed by atoms with Crippen molar-refractivity contribution in [1.82, 2.24) is 0 Å². The second kappa shape index (κ2) is 21.8. The van der Waals surface area contributed by atoms with Gasteiger partial charge in [-0.2, -0.15) is 0 Å². The largest absolute Gasteiger partial charge is 2.00 e. The SMILES string of the molecule is O.O.O=S(=O)([O-])[O-].O=S(=O)([O-])[O-].O=S(=O)([O-])[O-].[Ca+2].[Ca+2].[Mg+2]. The summed E-state index contributed by atoms with van der Waals surface area (Å²) in [6, 6.07) is 0. The molecule has 0 aromatic rings. The van der Waals surface area contributed by atoms with Crippen LogP contribution in [0.1, 0.15) is 0 Å². The molecule has 0 aromatic carbocycles. The normalized spacial score (nSPS) is 8.70. The Balaban J connectivity index is -0.0000000160. The molecular formula is H4Ca2MgO14S3. The van der Waals surface area contributed by atoms with E-state index in [2.05, 4.69) is 0 Å². The minimum atomic E-state index is -5.17. The molecule has 0 aliphatic carbocycles. The molecule has 0 aliphatic heterocycles. The van der Waals surface area contributed by atoms with Crippen molar-refractivity contribution in [2.45, 2.75) is 0 Å². The third kappa shape index (κ3) is 1030. The minimum absolute atomic E-state index is 0. The van der Waals surface area contributed by atoms with Gasteiger partial charge in [-0.05, 0) is 0 Å². The maximum absolute atomic E-state index is 8.52. The van der Waals surface area contributed by atoms with Crippen molar-refractivity contribution in [3.05, 3.63) is 0 Å². The first-order valence-corrected chi connectivity index (χ1v) is 6.00. The summed E-state index contributed by atoms with van der Waals surface area (Å²) in [5, 5.41) is 0. The van der Waals surface area contributed by atoms with Crippen LogP contribution in [0.25, 0.3) is 0 Å². The first-order chi connectivity index (χ1) is 6.00. The molecule has 0 aliphatic rings. The van der Waals surface area contributed by atoms with Crippen LogP contribution in [0.15, 0.2) is 0 Å². The molecule has 0 fully saturated rings. The van der Waals surface area contributed by atoms with Gasteiger partial charge in [0, 0.05) is 31.2 Å². The van der Waals surface area contributed by atoms with Gasteiger partial charge < -0.3 is 38.3 Å². The molecule has 4 N–H and O–H groups in total. The molecule has 112 valence electrons. The van der Waals surface area contributed by atoms with Gasteiger partial charge in [-0.15, -0.1) is 0 Å². The summed E-state index contributed by atoms with van der Waals surface area (Å²) in [5.74, 6) is 0. The van der Waals surface area contributed by atoms with Gasteiger partial charge in [0.15, 0.2) is 0 Å². The zero-order valence-electron chi connectivity index (χ0n) is 9.25. The summed E-state index contributed by atoms with van der Waals surface area (Å²) < 4.78 is 102. The van der Waals surface area contributed by atoms with Crippen molar-refractivity contribution in [2.75, 3.05) is 0 Å². The van der Waals surface area contributed by atoms with E-state index in [0.29, 0.717) is 0 Å². The van der Waals surface area contributed by atoms with E-state index < -0.39 is 31.2 Å². The van der Waals surface area contributed by atoms with Crippen LogP contribution >= 0.6 is 0 Å². The van der Waals surface area contributed by atoms with Crippen LogP contribution < -0.4 is 0 Å². The van der Waals surface area contributed by atoms with Gasteiger partial charge >= 0.3 is 98.5 Å². The fraction of sp³-hybridized carbons (Fsp3) is 0. The van der Waals surface area contributed by atoms with Crippen molar-refractivity contribution in [2.24, 2.45) is 0 Å². The number of hydrogen-bond acceptors (Lipinski definition) is 12. The van der Waals surface area contributed by atoms with Gasteiger partial charge in [0.25, 0.3) is 0 Å². The third-order valence-electron chi connectivity index (χ3n) is 0. The first-order valence-electron chi connectivity index (χ1n) is 2.00. The molecule has 0 aromatic heterocycles. The van der Waals surface area contributed by atoms with Gasteiger partial charge in [0.05, 0.1) is 0 Å². The van der Waals surface area contributed by atoms with Crippen molar-refractivity contribution in [3.63, 3.8) is 0 Å². The first kappa shape index (κ1) is 49.5. The van der Waals surface area contributed by atoms with E-state index in [4.69, 9.17) is 52.6 Å². The van der Waals surface area contributed by atoms with Gasteiger partial charge in [0.1, 0.15) is 0 Å². The molecule has 20 heteroatoms. The van der Waals surface area contributed by atoms with E-state index in [1.165, 1.54) is 0 Å². The second-order valence-electron chi connectivity index (χ2n) is 1.22. The van der Waals surface area contributed by atoms with Crippen LogP contribution in [-0.2, 0) is 31.2 Å². The van der Waals surface area contributed by atoms with Crippen LogP contribution in [0, 0.1) is 0 Å². The summed E-state index contributed by atoms with van der Waals surface area (Å²) in [6.07, 6.45) is 0. The Labute approximate surface area is 190 Å². The van der Waals surface area contributed by atoms with Gasteiger partial charge in [-0.3, -0.25) is 25.3 Å². The van der Waals surface area contributed by atoms with E-state index >= 15 is 0 Å². The Hall–Kier alpha value is 2.82. The number of rotatable bonds is 0. The third-order valence-corrected chi connectivity index (χ3v) is 0. The molecule has 0 rings (SSSR count). The maximum atomic E-state index is 8.52. The number of hydrogen-bond donors (Lipinski definition) is 0. The van der Waals surface area contributed by atoms with Crippen LogP contribution in [0.4, 0.5) is 0 Å². The van der Waals surface area contributed by atoms with Crippen molar-refractivity contribution in [1.29, 1.82) is 0 Å². The van der Waals surface area contributed by atoms with Crippen LogP contribution in [0.5, 0.6) is 0 Å². The zero-order chi connectivity index (χ0) is 13.5. The van der Waals surface area contributed by atoms with E-state index in [0.717, 1.165) is 0 Å². The van der Waals surface area contributed by atoms with Crippen LogP contribution in [0.3, 0.4) is 0 Å². The van der Waals surface area contributed by atoms with Crippen LogP contribution in [0.2, 0.25) is 0 Å². The summed E-state index contributed by atoms with van der Waals surface area (Å²) in [4.78, 5) is 0. The second-order valence-corrected chi connectivity index (χ2v) is 3.67. The summed E-state index contributed by atoms with van der Waals surface area (Å²) >= 11 is 0.